The summed E-state index contributed by atoms with van der Waals surface area (Å²) in [5.41, 5.74) is 5.04. The van der Waals surface area contributed by atoms with Gasteiger partial charge in [0.25, 0.3) is 0 Å². The van der Waals surface area contributed by atoms with Crippen LogP contribution in [0.4, 0.5) is 0 Å². The number of carbonyl (C=O) groups is 2. The molecule has 0 atom stereocenters. The summed E-state index contributed by atoms with van der Waals surface area (Å²) in [6, 6.07) is 0. The third kappa shape index (κ3) is 3.65. The Kier molecular flexibility index (Phi) is 3.17. The summed E-state index contributed by atoms with van der Waals surface area (Å²) in [5.74, 6) is -1.07. The van der Waals surface area contributed by atoms with Crippen molar-refractivity contribution in [2.45, 2.75) is 13.8 Å². The van der Waals surface area contributed by atoms with Crippen molar-refractivity contribution in [3.8, 4) is 0 Å². The lowest BCUT2D eigenvalue weighted by molar-refractivity contribution is -0.135. The molecule has 0 aromatic carbocycles. The number of hydrogen-bond acceptors (Lipinski definition) is 3. The number of hydrogen-bond donors (Lipinski definition) is 1. The van der Waals surface area contributed by atoms with Crippen LogP contribution >= 0.6 is 0 Å². The predicted molar refractivity (Wildman–Crippen MR) is 34.7 cm³/mol. The van der Waals surface area contributed by atoms with Crippen molar-refractivity contribution >= 4 is 11.9 Å². The van der Waals surface area contributed by atoms with Gasteiger partial charge in [-0.2, -0.15) is 0 Å². The molecule has 1 amide bonds. The van der Waals surface area contributed by atoms with Crippen LogP contribution in [0.3, 0.4) is 0 Å². The van der Waals surface area contributed by atoms with E-state index >= 15 is 0 Å². The van der Waals surface area contributed by atoms with E-state index in [0.717, 1.165) is 6.26 Å². The van der Waals surface area contributed by atoms with E-state index in [4.69, 9.17) is 5.73 Å². The minimum Gasteiger partial charge on any atom is -0.434 e. The monoisotopic (exact) mass is 143 g/mol. The molecule has 0 aliphatic carbocycles. The van der Waals surface area contributed by atoms with E-state index in [1.165, 1.54) is 13.8 Å². The second-order valence-corrected chi connectivity index (χ2v) is 1.77. The Hall–Kier alpha value is -1.32. The first-order chi connectivity index (χ1) is 4.54. The van der Waals surface area contributed by atoms with Gasteiger partial charge in [0, 0.05) is 12.5 Å². The molecule has 56 valence electrons. The molecular formula is C6H9NO3. The Labute approximate surface area is 58.7 Å². The van der Waals surface area contributed by atoms with Crippen LogP contribution in [0.2, 0.25) is 0 Å². The van der Waals surface area contributed by atoms with Crippen molar-refractivity contribution in [1.29, 1.82) is 0 Å². The average molecular weight is 143 g/mol. The van der Waals surface area contributed by atoms with Gasteiger partial charge >= 0.3 is 5.97 Å². The molecule has 0 heterocycles. The highest BCUT2D eigenvalue weighted by Crippen LogP contribution is 1.90. The molecule has 0 bridgehead atoms. The zero-order valence-electron chi connectivity index (χ0n) is 5.88. The Morgan fingerprint density at radius 2 is 1.90 bits per heavy atom. The van der Waals surface area contributed by atoms with Crippen molar-refractivity contribution < 1.29 is 14.3 Å². The summed E-state index contributed by atoms with van der Waals surface area (Å²) in [7, 11) is 0. The van der Waals surface area contributed by atoms with Gasteiger partial charge in [-0.1, -0.05) is 0 Å². The molecule has 0 rings (SSSR count). The molecule has 0 aliphatic rings. The van der Waals surface area contributed by atoms with Crippen LogP contribution in [-0.4, -0.2) is 11.9 Å². The minimum absolute atomic E-state index is 0.218. The van der Waals surface area contributed by atoms with Crippen molar-refractivity contribution in [3.63, 3.8) is 0 Å². The molecule has 4 heteroatoms. The predicted octanol–water partition coefficient (Wildman–Crippen LogP) is -0.0614. The van der Waals surface area contributed by atoms with Gasteiger partial charge in [0.1, 0.15) is 6.26 Å². The summed E-state index contributed by atoms with van der Waals surface area (Å²) >= 11 is 0. The average Bonchev–Trinajstić information content (AvgIpc) is 1.82. The lowest BCUT2D eigenvalue weighted by Crippen LogP contribution is -2.12. The topological polar surface area (TPSA) is 69.4 Å². The largest absolute Gasteiger partial charge is 0.434 e. The van der Waals surface area contributed by atoms with Crippen LogP contribution in [0.1, 0.15) is 13.8 Å². The highest BCUT2D eigenvalue weighted by Gasteiger charge is 1.96. The number of primary amides is 1. The Morgan fingerprint density at radius 1 is 1.40 bits per heavy atom. The highest BCUT2D eigenvalue weighted by molar-refractivity contribution is 5.91. The lowest BCUT2D eigenvalue weighted by Gasteiger charge is -1.93. The molecule has 0 aliphatic heterocycles. The van der Waals surface area contributed by atoms with Gasteiger partial charge in [0.2, 0.25) is 5.91 Å². The molecular weight excluding hydrogens is 134 g/mol. The number of ether oxygens (including phenoxy) is 1. The molecule has 0 saturated carbocycles. The van der Waals surface area contributed by atoms with Gasteiger partial charge in [-0.25, -0.2) is 0 Å². The summed E-state index contributed by atoms with van der Waals surface area (Å²) in [6.07, 6.45) is 1.03. The van der Waals surface area contributed by atoms with Crippen LogP contribution < -0.4 is 5.73 Å². The van der Waals surface area contributed by atoms with E-state index in [0.29, 0.717) is 0 Å². The van der Waals surface area contributed by atoms with E-state index in [2.05, 4.69) is 4.74 Å². The van der Waals surface area contributed by atoms with E-state index in [9.17, 15) is 9.59 Å². The maximum Gasteiger partial charge on any atom is 0.307 e. The molecule has 2 N–H and O–H groups in total. The third-order valence-corrected chi connectivity index (χ3v) is 0.790. The van der Waals surface area contributed by atoms with Crippen molar-refractivity contribution in [1.82, 2.24) is 0 Å². The Balaban J connectivity index is 3.92. The van der Waals surface area contributed by atoms with Gasteiger partial charge in [-0.3, -0.25) is 9.59 Å². The number of esters is 1. The van der Waals surface area contributed by atoms with Crippen molar-refractivity contribution in [2.24, 2.45) is 5.73 Å². The first-order valence-corrected chi connectivity index (χ1v) is 2.68. The molecule has 0 spiro atoms. The lowest BCUT2D eigenvalue weighted by atomic mass is 10.3. The second-order valence-electron chi connectivity index (χ2n) is 1.77. The molecule has 0 unspecified atom stereocenters. The normalized spacial score (nSPS) is 10.8. The van der Waals surface area contributed by atoms with Crippen molar-refractivity contribution in [3.05, 3.63) is 11.8 Å². The van der Waals surface area contributed by atoms with Crippen LogP contribution in [0.15, 0.2) is 11.8 Å². The Bertz CT molecular complexity index is 183. The highest BCUT2D eigenvalue weighted by atomic mass is 16.5. The van der Waals surface area contributed by atoms with Gasteiger partial charge in [0.15, 0.2) is 0 Å². The summed E-state index contributed by atoms with van der Waals surface area (Å²) in [5, 5.41) is 0. The first kappa shape index (κ1) is 8.68. The summed E-state index contributed by atoms with van der Waals surface area (Å²) < 4.78 is 4.36. The number of amides is 1. The zero-order valence-corrected chi connectivity index (χ0v) is 5.88. The molecule has 0 fully saturated rings. The SMILES string of the molecule is CC(=O)OC=C(C)C(N)=O. The molecule has 0 radical (unpaired) electrons. The molecule has 10 heavy (non-hydrogen) atoms. The van der Waals surface area contributed by atoms with Gasteiger partial charge < -0.3 is 10.5 Å². The fourth-order valence-electron chi connectivity index (χ4n) is 0.229. The van der Waals surface area contributed by atoms with E-state index in [1.807, 2.05) is 0 Å². The first-order valence-electron chi connectivity index (χ1n) is 2.68. The second kappa shape index (κ2) is 3.66. The minimum atomic E-state index is -0.596. The van der Waals surface area contributed by atoms with E-state index in [1.54, 1.807) is 0 Å². The van der Waals surface area contributed by atoms with Gasteiger partial charge in [-0.15, -0.1) is 0 Å². The third-order valence-electron chi connectivity index (χ3n) is 0.790. The fraction of sp³-hybridized carbons (Fsp3) is 0.333. The van der Waals surface area contributed by atoms with Crippen molar-refractivity contribution in [2.75, 3.05) is 0 Å². The van der Waals surface area contributed by atoms with Crippen LogP contribution in [0.25, 0.3) is 0 Å². The molecule has 0 saturated heterocycles. The Morgan fingerprint density at radius 3 is 2.20 bits per heavy atom. The fourth-order valence-corrected chi connectivity index (χ4v) is 0.229. The van der Waals surface area contributed by atoms with Crippen LogP contribution in [-0.2, 0) is 14.3 Å². The maximum atomic E-state index is 10.3. The number of nitrogens with two attached hydrogens (primary N) is 1. The molecule has 4 nitrogen and oxygen atoms in total. The molecule has 0 aromatic heterocycles. The van der Waals surface area contributed by atoms with Crippen LogP contribution in [0.5, 0.6) is 0 Å². The quantitative estimate of drug-likeness (QED) is 0.334. The number of rotatable bonds is 2. The van der Waals surface area contributed by atoms with E-state index < -0.39 is 11.9 Å². The van der Waals surface area contributed by atoms with Crippen LogP contribution in [0, 0.1) is 0 Å². The summed E-state index contributed by atoms with van der Waals surface area (Å²) in [4.78, 5) is 20.4. The maximum absolute atomic E-state index is 10.3. The summed E-state index contributed by atoms with van der Waals surface area (Å²) in [6.45, 7) is 2.70. The van der Waals surface area contributed by atoms with E-state index in [-0.39, 0.29) is 5.57 Å². The van der Waals surface area contributed by atoms with Gasteiger partial charge in [0.05, 0.1) is 0 Å². The zero-order chi connectivity index (χ0) is 8.15. The smallest absolute Gasteiger partial charge is 0.307 e. The standard InChI is InChI=1S/C6H9NO3/c1-4(6(7)9)3-10-5(2)8/h3H,1-2H3,(H2,7,9). The number of carbonyl (C=O) groups excluding carboxylic acids is 2. The molecule has 0 aromatic rings. The van der Waals surface area contributed by atoms with Gasteiger partial charge in [-0.05, 0) is 6.92 Å².